The maximum atomic E-state index is 3.69. The van der Waals surface area contributed by atoms with Crippen LogP contribution in [0.15, 0.2) is 50.5 Å². The predicted molar refractivity (Wildman–Crippen MR) is 99.6 cm³/mol. The second-order valence-electron chi connectivity index (χ2n) is 5.09. The van der Waals surface area contributed by atoms with Crippen LogP contribution in [-0.4, -0.2) is 18.3 Å². The smallest absolute Gasteiger partial charge is 0.0176 e. The Morgan fingerprint density at radius 2 is 2.05 bits per heavy atom. The van der Waals surface area contributed by atoms with Crippen molar-refractivity contribution in [2.45, 2.75) is 37.1 Å². The largest absolute Gasteiger partial charge is 0.313 e. The topological polar surface area (TPSA) is 12.0 Å². The van der Waals surface area contributed by atoms with E-state index in [1.165, 1.54) is 29.7 Å². The number of aryl methyl sites for hydroxylation is 1. The molecule has 0 bridgehead atoms. The Morgan fingerprint density at radius 1 is 1.24 bits per heavy atom. The van der Waals surface area contributed by atoms with Crippen molar-refractivity contribution in [2.24, 2.45) is 0 Å². The van der Waals surface area contributed by atoms with E-state index in [9.17, 15) is 0 Å². The molecule has 4 heteroatoms. The van der Waals surface area contributed by atoms with E-state index >= 15 is 0 Å². The van der Waals surface area contributed by atoms with Gasteiger partial charge in [-0.2, -0.15) is 11.3 Å². The molecule has 0 fully saturated rings. The van der Waals surface area contributed by atoms with Gasteiger partial charge in [0.2, 0.25) is 0 Å². The molecule has 0 radical (unpaired) electrons. The highest BCUT2D eigenvalue weighted by Gasteiger charge is 2.09. The van der Waals surface area contributed by atoms with Crippen molar-refractivity contribution in [1.82, 2.24) is 5.32 Å². The molecule has 0 aliphatic carbocycles. The van der Waals surface area contributed by atoms with Crippen LogP contribution in [0.3, 0.4) is 0 Å². The van der Waals surface area contributed by atoms with Crippen molar-refractivity contribution < 1.29 is 0 Å². The highest BCUT2D eigenvalue weighted by molar-refractivity contribution is 9.10. The third kappa shape index (κ3) is 6.55. The molecule has 0 saturated heterocycles. The molecule has 1 aromatic carbocycles. The monoisotopic (exact) mass is 383 g/mol. The fourth-order valence-corrected chi connectivity index (χ4v) is 4.07. The molecule has 1 atom stereocenters. The van der Waals surface area contributed by atoms with Gasteiger partial charge in [0.15, 0.2) is 0 Å². The van der Waals surface area contributed by atoms with Crippen LogP contribution < -0.4 is 5.32 Å². The van der Waals surface area contributed by atoms with Crippen LogP contribution in [0.5, 0.6) is 0 Å². The summed E-state index contributed by atoms with van der Waals surface area (Å²) in [5.74, 6) is 1.13. The molecule has 1 heterocycles. The lowest BCUT2D eigenvalue weighted by atomic mass is 10.1. The van der Waals surface area contributed by atoms with Gasteiger partial charge in [0.1, 0.15) is 0 Å². The van der Waals surface area contributed by atoms with Crippen LogP contribution in [-0.2, 0) is 6.42 Å². The van der Waals surface area contributed by atoms with Gasteiger partial charge < -0.3 is 5.32 Å². The number of thioether (sulfide) groups is 1. The number of nitrogens with one attached hydrogen (secondary N) is 1. The Kier molecular flexibility index (Phi) is 7.86. The van der Waals surface area contributed by atoms with Gasteiger partial charge in [0, 0.05) is 21.2 Å². The van der Waals surface area contributed by atoms with Crippen molar-refractivity contribution in [1.29, 1.82) is 0 Å². The number of hydrogen-bond acceptors (Lipinski definition) is 3. The van der Waals surface area contributed by atoms with Gasteiger partial charge in [0.25, 0.3) is 0 Å². The van der Waals surface area contributed by atoms with Gasteiger partial charge in [-0.3, -0.25) is 0 Å². The molecule has 2 aromatic rings. The molecule has 1 N–H and O–H groups in total. The summed E-state index contributed by atoms with van der Waals surface area (Å²) in [5.41, 5.74) is 1.47. The number of halogens is 1. The van der Waals surface area contributed by atoms with Gasteiger partial charge in [0.05, 0.1) is 0 Å². The van der Waals surface area contributed by atoms with E-state index in [1.807, 2.05) is 11.8 Å². The summed E-state index contributed by atoms with van der Waals surface area (Å²) < 4.78 is 1.14. The van der Waals surface area contributed by atoms with E-state index in [2.05, 4.69) is 69.3 Å². The number of rotatable bonds is 9. The Labute approximate surface area is 144 Å². The molecule has 114 valence electrons. The normalized spacial score (nSPS) is 12.5. The molecule has 1 nitrogen and oxygen atoms in total. The second kappa shape index (κ2) is 9.67. The van der Waals surface area contributed by atoms with E-state index in [4.69, 9.17) is 0 Å². The second-order valence-corrected chi connectivity index (χ2v) is 7.88. The molecule has 21 heavy (non-hydrogen) atoms. The average molecular weight is 384 g/mol. The molecule has 0 spiro atoms. The van der Waals surface area contributed by atoms with Crippen molar-refractivity contribution in [3.8, 4) is 0 Å². The fraction of sp³-hybridized carbons (Fsp3) is 0.412. The highest BCUT2D eigenvalue weighted by atomic mass is 79.9. The van der Waals surface area contributed by atoms with Crippen LogP contribution in [0.25, 0.3) is 0 Å². The summed E-state index contributed by atoms with van der Waals surface area (Å²) >= 11 is 7.22. The predicted octanol–water partition coefficient (Wildman–Crippen LogP) is 5.60. The van der Waals surface area contributed by atoms with Crippen molar-refractivity contribution >= 4 is 39.0 Å². The molecule has 0 aliphatic rings. The van der Waals surface area contributed by atoms with Crippen LogP contribution in [0.2, 0.25) is 0 Å². The van der Waals surface area contributed by atoms with E-state index in [-0.39, 0.29) is 0 Å². The van der Waals surface area contributed by atoms with Gasteiger partial charge in [-0.05, 0) is 72.5 Å². The summed E-state index contributed by atoms with van der Waals surface area (Å²) in [4.78, 5) is 1.34. The Hall–Kier alpha value is -0.290. The third-order valence-corrected chi connectivity index (χ3v) is 5.74. The van der Waals surface area contributed by atoms with E-state index in [0.29, 0.717) is 6.04 Å². The summed E-state index contributed by atoms with van der Waals surface area (Å²) in [5, 5.41) is 8.12. The maximum absolute atomic E-state index is 3.69. The van der Waals surface area contributed by atoms with Crippen molar-refractivity contribution in [2.75, 3.05) is 12.3 Å². The zero-order valence-electron chi connectivity index (χ0n) is 12.3. The summed E-state index contributed by atoms with van der Waals surface area (Å²) in [6, 6.07) is 11.4. The van der Waals surface area contributed by atoms with Crippen molar-refractivity contribution in [3.05, 3.63) is 51.1 Å². The van der Waals surface area contributed by atoms with E-state index in [0.717, 1.165) is 16.8 Å². The summed E-state index contributed by atoms with van der Waals surface area (Å²) in [6.45, 7) is 3.33. The number of benzene rings is 1. The van der Waals surface area contributed by atoms with Gasteiger partial charge >= 0.3 is 0 Å². The van der Waals surface area contributed by atoms with Crippen molar-refractivity contribution in [3.63, 3.8) is 0 Å². The van der Waals surface area contributed by atoms with Crippen LogP contribution >= 0.6 is 39.0 Å². The first-order valence-electron chi connectivity index (χ1n) is 7.40. The molecular weight excluding hydrogens is 362 g/mol. The maximum Gasteiger partial charge on any atom is 0.0176 e. The lowest BCUT2D eigenvalue weighted by Gasteiger charge is -2.18. The molecule has 0 saturated carbocycles. The zero-order chi connectivity index (χ0) is 14.9. The van der Waals surface area contributed by atoms with E-state index in [1.54, 1.807) is 11.3 Å². The Bertz CT molecular complexity index is 496. The lowest BCUT2D eigenvalue weighted by Crippen LogP contribution is -2.32. The standard InChI is InChI=1S/C17H22BrNS2/c1-2-10-19-16(6-3-14-9-11-20-12-14)13-21-17-7-4-15(18)5-8-17/h4-5,7-9,11-12,16,19H,2-3,6,10,13H2,1H3. The molecular formula is C17H22BrNS2. The van der Waals surface area contributed by atoms with E-state index < -0.39 is 0 Å². The van der Waals surface area contributed by atoms with Crippen LogP contribution in [0.4, 0.5) is 0 Å². The zero-order valence-corrected chi connectivity index (χ0v) is 15.6. The fourth-order valence-electron chi connectivity index (χ4n) is 2.10. The molecule has 2 rings (SSSR count). The Morgan fingerprint density at radius 3 is 2.71 bits per heavy atom. The minimum Gasteiger partial charge on any atom is -0.313 e. The summed E-state index contributed by atoms with van der Waals surface area (Å²) in [7, 11) is 0. The quantitative estimate of drug-likeness (QED) is 0.565. The first kappa shape index (κ1) is 17.1. The molecule has 1 unspecified atom stereocenters. The SMILES string of the molecule is CCCNC(CCc1ccsc1)CSc1ccc(Br)cc1. The third-order valence-electron chi connectivity index (χ3n) is 3.31. The molecule has 0 aliphatic heterocycles. The number of thiophene rings is 1. The van der Waals surface area contributed by atoms with Crippen LogP contribution in [0, 0.1) is 0 Å². The summed E-state index contributed by atoms with van der Waals surface area (Å²) in [6.07, 6.45) is 3.57. The number of hydrogen-bond donors (Lipinski definition) is 1. The first-order valence-corrected chi connectivity index (χ1v) is 10.1. The average Bonchev–Trinajstić information content (AvgIpc) is 3.01. The minimum absolute atomic E-state index is 0.582. The molecule has 1 aromatic heterocycles. The van der Waals surface area contributed by atoms with Gasteiger partial charge in [-0.25, -0.2) is 0 Å². The van der Waals surface area contributed by atoms with Gasteiger partial charge in [-0.1, -0.05) is 22.9 Å². The minimum atomic E-state index is 0.582. The van der Waals surface area contributed by atoms with Gasteiger partial charge in [-0.15, -0.1) is 11.8 Å². The molecule has 0 amide bonds. The Balaban J connectivity index is 1.81. The first-order chi connectivity index (χ1) is 10.3. The highest BCUT2D eigenvalue weighted by Crippen LogP contribution is 2.22. The van der Waals surface area contributed by atoms with Crippen LogP contribution in [0.1, 0.15) is 25.3 Å². The lowest BCUT2D eigenvalue weighted by molar-refractivity contribution is 0.520.